The van der Waals surface area contributed by atoms with E-state index in [1.54, 1.807) is 12.0 Å². The van der Waals surface area contributed by atoms with E-state index in [-0.39, 0.29) is 6.09 Å². The maximum Gasteiger partial charge on any atom is 0.410 e. The molecule has 8 heteroatoms. The fraction of sp³-hybridized carbons (Fsp3) is 0.632. The fourth-order valence-corrected chi connectivity index (χ4v) is 5.34. The van der Waals surface area contributed by atoms with Gasteiger partial charge < -0.3 is 9.47 Å². The Kier molecular flexibility index (Phi) is 5.16. The minimum absolute atomic E-state index is 0.380. The molecule has 1 amide bonds. The Bertz CT molecular complexity index is 808. The Balaban J connectivity index is 1.74. The number of benzene rings is 1. The summed E-state index contributed by atoms with van der Waals surface area (Å²) in [6, 6.07) is 7.50. The lowest BCUT2D eigenvalue weighted by molar-refractivity contribution is -0.0223. The molecule has 2 fully saturated rings. The molecule has 1 spiro atoms. The van der Waals surface area contributed by atoms with Gasteiger partial charge >= 0.3 is 6.09 Å². The van der Waals surface area contributed by atoms with Crippen LogP contribution in [0.2, 0.25) is 0 Å². The quantitative estimate of drug-likeness (QED) is 0.767. The third-order valence-corrected chi connectivity index (χ3v) is 7.57. The lowest BCUT2D eigenvalue weighted by atomic mass is 9.67. The van der Waals surface area contributed by atoms with E-state index < -0.39 is 26.4 Å². The van der Waals surface area contributed by atoms with Crippen molar-refractivity contribution in [2.45, 2.75) is 56.9 Å². The van der Waals surface area contributed by atoms with Gasteiger partial charge in [0.15, 0.2) is 0 Å². The highest BCUT2D eigenvalue weighted by Crippen LogP contribution is 2.49. The van der Waals surface area contributed by atoms with Gasteiger partial charge in [-0.25, -0.2) is 4.79 Å². The van der Waals surface area contributed by atoms with Crippen LogP contribution in [0, 0.1) is 5.41 Å². The first-order chi connectivity index (χ1) is 12.6. The third kappa shape index (κ3) is 4.06. The van der Waals surface area contributed by atoms with Crippen molar-refractivity contribution in [1.29, 1.82) is 0 Å². The number of carbonyl (C=O) groups is 1. The van der Waals surface area contributed by atoms with Crippen molar-refractivity contribution in [2.24, 2.45) is 5.41 Å². The second-order valence-corrected chi connectivity index (χ2v) is 9.83. The van der Waals surface area contributed by atoms with Gasteiger partial charge in [0.2, 0.25) is 0 Å². The predicted molar refractivity (Wildman–Crippen MR) is 100 cm³/mol. The highest BCUT2D eigenvalue weighted by molar-refractivity contribution is 7.86. The van der Waals surface area contributed by atoms with Crippen LogP contribution >= 0.6 is 0 Å². The summed E-state index contributed by atoms with van der Waals surface area (Å²) in [6.45, 7) is 4.23. The van der Waals surface area contributed by atoms with E-state index in [9.17, 15) is 17.8 Å². The van der Waals surface area contributed by atoms with Crippen molar-refractivity contribution in [3.8, 4) is 5.75 Å². The van der Waals surface area contributed by atoms with Gasteiger partial charge in [-0.15, -0.1) is 0 Å². The van der Waals surface area contributed by atoms with Gasteiger partial charge in [0.25, 0.3) is 10.1 Å². The number of carbonyl (C=O) groups excluding carboxylic acids is 1. The van der Waals surface area contributed by atoms with E-state index in [1.807, 2.05) is 31.2 Å². The Hall–Kier alpha value is -1.80. The van der Waals surface area contributed by atoms with E-state index in [2.05, 4.69) is 0 Å². The van der Waals surface area contributed by atoms with Gasteiger partial charge in [-0.1, -0.05) is 19.1 Å². The molecule has 1 aliphatic heterocycles. The molecule has 1 aromatic carbocycles. The summed E-state index contributed by atoms with van der Waals surface area (Å²) in [6.07, 6.45) is 2.16. The Morgan fingerprint density at radius 2 is 1.96 bits per heavy atom. The molecular formula is C19H27NO6S. The molecule has 0 aromatic heterocycles. The first-order valence-corrected chi connectivity index (χ1v) is 10.6. The smallest absolute Gasteiger partial charge is 0.410 e. The average Bonchev–Trinajstić information content (AvgIpc) is 2.88. The second kappa shape index (κ2) is 6.98. The number of methoxy groups -OCH3 is 1. The minimum Gasteiger partial charge on any atom is -0.497 e. The van der Waals surface area contributed by atoms with Crippen molar-refractivity contribution in [3.63, 3.8) is 0 Å². The van der Waals surface area contributed by atoms with Crippen LogP contribution < -0.4 is 4.74 Å². The summed E-state index contributed by atoms with van der Waals surface area (Å²) in [4.78, 5) is 14.1. The molecule has 3 rings (SSSR count). The van der Waals surface area contributed by atoms with Crippen LogP contribution in [0.15, 0.2) is 24.3 Å². The van der Waals surface area contributed by atoms with Gasteiger partial charge in [-0.3, -0.25) is 9.45 Å². The molecule has 3 atom stereocenters. The lowest BCUT2D eigenvalue weighted by Gasteiger charge is -2.45. The molecule has 7 nitrogen and oxygen atoms in total. The van der Waals surface area contributed by atoms with Crippen LogP contribution in [0.1, 0.15) is 45.1 Å². The normalized spacial score (nSPS) is 29.6. The maximum absolute atomic E-state index is 12.5. The van der Waals surface area contributed by atoms with Gasteiger partial charge in [-0.05, 0) is 55.7 Å². The summed E-state index contributed by atoms with van der Waals surface area (Å²) in [5, 5.41) is -0.906. The summed E-state index contributed by atoms with van der Waals surface area (Å²) in [7, 11) is -2.55. The Morgan fingerprint density at radius 1 is 1.30 bits per heavy atom. The number of nitrogens with zero attached hydrogens (tertiary/aromatic N) is 1. The zero-order valence-electron chi connectivity index (χ0n) is 16.0. The second-order valence-electron chi connectivity index (χ2n) is 8.10. The molecule has 0 bridgehead atoms. The zero-order valence-corrected chi connectivity index (χ0v) is 16.8. The largest absolute Gasteiger partial charge is 0.497 e. The van der Waals surface area contributed by atoms with Crippen molar-refractivity contribution >= 4 is 16.2 Å². The lowest BCUT2D eigenvalue weighted by Crippen LogP contribution is -2.49. The van der Waals surface area contributed by atoms with Crippen LogP contribution in [0.5, 0.6) is 5.75 Å². The maximum atomic E-state index is 12.5. The SMILES string of the molecule is COc1ccc(CN2C[C@]3(CCC[C@@](C)(C(C)S(=O)(=O)O)C3)OC2=O)cc1. The molecule has 1 aliphatic carbocycles. The van der Waals surface area contributed by atoms with E-state index in [0.717, 1.165) is 17.7 Å². The van der Waals surface area contributed by atoms with Crippen molar-refractivity contribution in [1.82, 2.24) is 4.90 Å². The van der Waals surface area contributed by atoms with Crippen LogP contribution in [0.25, 0.3) is 0 Å². The molecule has 2 aliphatic rings. The topological polar surface area (TPSA) is 93.1 Å². The Labute approximate surface area is 160 Å². The van der Waals surface area contributed by atoms with Gasteiger partial charge in [0.1, 0.15) is 11.4 Å². The standard InChI is InChI=1S/C19H27NO6S/c1-14(27(22,23)24)18(2)9-4-10-19(12-18)13-20(17(21)26-19)11-15-5-7-16(25-3)8-6-15/h5-8,14H,4,9-13H2,1-3H3,(H,22,23,24)/t14?,18-,19-/m1/s1. The molecule has 1 aromatic rings. The first kappa shape index (κ1) is 19.9. The van der Waals surface area contributed by atoms with E-state index >= 15 is 0 Å². The predicted octanol–water partition coefficient (Wildman–Crippen LogP) is 3.24. The van der Waals surface area contributed by atoms with Gasteiger partial charge in [0.05, 0.1) is 18.9 Å². The highest BCUT2D eigenvalue weighted by atomic mass is 32.2. The monoisotopic (exact) mass is 397 g/mol. The van der Waals surface area contributed by atoms with Crippen LogP contribution in [0.4, 0.5) is 4.79 Å². The van der Waals surface area contributed by atoms with Crippen LogP contribution in [0.3, 0.4) is 0 Å². The summed E-state index contributed by atoms with van der Waals surface area (Å²) >= 11 is 0. The number of amides is 1. The summed E-state index contributed by atoms with van der Waals surface area (Å²) in [5.74, 6) is 0.751. The summed E-state index contributed by atoms with van der Waals surface area (Å²) < 4.78 is 43.8. The third-order valence-electron chi connectivity index (χ3n) is 6.11. The highest BCUT2D eigenvalue weighted by Gasteiger charge is 2.54. The molecule has 150 valence electrons. The van der Waals surface area contributed by atoms with Crippen molar-refractivity contribution in [2.75, 3.05) is 13.7 Å². The molecule has 1 unspecified atom stereocenters. The minimum atomic E-state index is -4.16. The van der Waals surface area contributed by atoms with Crippen molar-refractivity contribution in [3.05, 3.63) is 29.8 Å². The molecular weight excluding hydrogens is 370 g/mol. The molecule has 27 heavy (non-hydrogen) atoms. The van der Waals surface area contributed by atoms with E-state index in [1.165, 1.54) is 6.92 Å². The molecule has 1 saturated carbocycles. The van der Waals surface area contributed by atoms with E-state index in [0.29, 0.717) is 32.4 Å². The fourth-order valence-electron chi connectivity index (χ4n) is 4.42. The van der Waals surface area contributed by atoms with Gasteiger partial charge in [-0.2, -0.15) is 8.42 Å². The molecule has 1 saturated heterocycles. The van der Waals surface area contributed by atoms with Crippen LogP contribution in [-0.2, 0) is 21.4 Å². The molecule has 1 heterocycles. The summed E-state index contributed by atoms with van der Waals surface area (Å²) in [5.41, 5.74) is -0.368. The van der Waals surface area contributed by atoms with Crippen LogP contribution in [-0.4, -0.2) is 48.5 Å². The van der Waals surface area contributed by atoms with Crippen molar-refractivity contribution < 1.29 is 27.2 Å². The Morgan fingerprint density at radius 3 is 2.56 bits per heavy atom. The number of rotatable bonds is 5. The van der Waals surface area contributed by atoms with E-state index in [4.69, 9.17) is 9.47 Å². The number of ether oxygens (including phenoxy) is 2. The van der Waals surface area contributed by atoms with Gasteiger partial charge in [0, 0.05) is 6.54 Å². The first-order valence-electron chi connectivity index (χ1n) is 9.14. The number of hydrogen-bond acceptors (Lipinski definition) is 5. The molecule has 0 radical (unpaired) electrons. The molecule has 1 N–H and O–H groups in total. The average molecular weight is 397 g/mol. The number of hydrogen-bond donors (Lipinski definition) is 1. The zero-order chi connectivity index (χ0) is 19.9.